The van der Waals surface area contributed by atoms with E-state index in [9.17, 15) is 14.7 Å². The Bertz CT molecular complexity index is 525. The van der Waals surface area contributed by atoms with Gasteiger partial charge in [0.05, 0.1) is 24.4 Å². The van der Waals surface area contributed by atoms with Gasteiger partial charge in [0, 0.05) is 18.4 Å². The first-order valence-electron chi connectivity index (χ1n) is 7.00. The van der Waals surface area contributed by atoms with Gasteiger partial charge < -0.3 is 20.1 Å². The van der Waals surface area contributed by atoms with Gasteiger partial charge in [-0.05, 0) is 12.0 Å². The van der Waals surface area contributed by atoms with Gasteiger partial charge in [-0.3, -0.25) is 4.79 Å². The molecule has 1 aromatic heterocycles. The van der Waals surface area contributed by atoms with Crippen molar-refractivity contribution in [2.45, 2.75) is 39.2 Å². The third-order valence-electron chi connectivity index (χ3n) is 3.57. The molecule has 1 aliphatic rings. The van der Waals surface area contributed by atoms with Crippen molar-refractivity contribution in [3.8, 4) is 0 Å². The van der Waals surface area contributed by atoms with Gasteiger partial charge in [0.2, 0.25) is 5.91 Å². The molecule has 0 spiro atoms. The average molecular weight is 296 g/mol. The summed E-state index contributed by atoms with van der Waals surface area (Å²) in [5.41, 5.74) is 1.05. The van der Waals surface area contributed by atoms with Crippen molar-refractivity contribution in [2.75, 3.05) is 18.9 Å². The van der Waals surface area contributed by atoms with Gasteiger partial charge in [-0.1, -0.05) is 13.3 Å². The summed E-state index contributed by atoms with van der Waals surface area (Å²) in [6, 6.07) is 0. The van der Waals surface area contributed by atoms with Gasteiger partial charge in [-0.25, -0.2) is 0 Å². The number of anilines is 1. The lowest BCUT2D eigenvalue weighted by Crippen LogP contribution is -3.08. The molecule has 110 valence electrons. The Morgan fingerprint density at radius 2 is 2.20 bits per heavy atom. The van der Waals surface area contributed by atoms with Crippen LogP contribution in [-0.2, 0) is 17.8 Å². The summed E-state index contributed by atoms with van der Waals surface area (Å²) in [5.74, 6) is -1.30. The van der Waals surface area contributed by atoms with Gasteiger partial charge in [0.15, 0.2) is 0 Å². The summed E-state index contributed by atoms with van der Waals surface area (Å²) in [7, 11) is 2.08. The highest BCUT2D eigenvalue weighted by Gasteiger charge is 2.26. The molecular weight excluding hydrogens is 276 g/mol. The van der Waals surface area contributed by atoms with Gasteiger partial charge in [-0.15, -0.1) is 11.3 Å². The van der Waals surface area contributed by atoms with Crippen molar-refractivity contribution >= 4 is 28.2 Å². The van der Waals surface area contributed by atoms with Crippen molar-refractivity contribution in [3.63, 3.8) is 0 Å². The molecule has 1 amide bonds. The first kappa shape index (κ1) is 15.0. The Balaban J connectivity index is 2.24. The molecule has 0 saturated heterocycles. The summed E-state index contributed by atoms with van der Waals surface area (Å²) in [6.07, 6.45) is 2.91. The van der Waals surface area contributed by atoms with Crippen LogP contribution in [0.2, 0.25) is 0 Å². The fraction of sp³-hybridized carbons (Fsp3) is 0.571. The van der Waals surface area contributed by atoms with Crippen molar-refractivity contribution in [2.24, 2.45) is 0 Å². The lowest BCUT2D eigenvalue weighted by Gasteiger charge is -2.20. The van der Waals surface area contributed by atoms with Crippen LogP contribution < -0.4 is 15.3 Å². The molecule has 0 aliphatic carbocycles. The van der Waals surface area contributed by atoms with E-state index in [1.807, 2.05) is 6.92 Å². The smallest absolute Gasteiger partial charge is 0.224 e. The number of likely N-dealkylation sites (N-methyl/N-ethyl adjacent to an activating group) is 1. The number of amides is 1. The molecule has 5 nitrogen and oxygen atoms in total. The van der Waals surface area contributed by atoms with E-state index in [0.717, 1.165) is 42.8 Å². The minimum absolute atomic E-state index is 0.117. The van der Waals surface area contributed by atoms with Gasteiger partial charge in [0.1, 0.15) is 11.5 Å². The maximum absolute atomic E-state index is 11.8. The topological polar surface area (TPSA) is 73.7 Å². The molecule has 0 radical (unpaired) electrons. The number of hydrogen-bond acceptors (Lipinski definition) is 4. The van der Waals surface area contributed by atoms with Crippen LogP contribution in [-0.4, -0.2) is 25.5 Å². The number of nitrogens with one attached hydrogen (secondary N) is 2. The van der Waals surface area contributed by atoms with E-state index in [-0.39, 0.29) is 11.5 Å². The van der Waals surface area contributed by atoms with E-state index in [2.05, 4.69) is 12.4 Å². The predicted molar refractivity (Wildman–Crippen MR) is 76.0 cm³/mol. The zero-order valence-corrected chi connectivity index (χ0v) is 12.7. The fourth-order valence-corrected chi connectivity index (χ4v) is 3.82. The van der Waals surface area contributed by atoms with Crippen LogP contribution in [0.25, 0.3) is 0 Å². The van der Waals surface area contributed by atoms with E-state index in [0.29, 0.717) is 11.4 Å². The standard InChI is InChI=1S/C14H20N2O3S/c1-3-4-5-11(17)15-13-12(14(18)19)9-6-7-16(2)8-10(9)20-13/h3-8H2,1-2H3,(H,15,17)(H,18,19). The second-order valence-electron chi connectivity index (χ2n) is 5.28. The molecular formula is C14H20N2O3S. The maximum Gasteiger partial charge on any atom is 0.224 e. The van der Waals surface area contributed by atoms with Crippen LogP contribution in [0, 0.1) is 0 Å². The number of carboxylic acids is 1. The zero-order chi connectivity index (χ0) is 14.7. The second-order valence-corrected chi connectivity index (χ2v) is 6.39. The highest BCUT2D eigenvalue weighted by Crippen LogP contribution is 2.34. The Labute approximate surface area is 122 Å². The SMILES string of the molecule is CCCCC(=O)Nc1sc2c(c1C(=O)[O-])CC[NH+](C)C2. The number of aromatic carboxylic acids is 1. The number of hydrogen-bond donors (Lipinski definition) is 2. The largest absolute Gasteiger partial charge is 0.545 e. The quantitative estimate of drug-likeness (QED) is 0.791. The van der Waals surface area contributed by atoms with Gasteiger partial charge >= 0.3 is 0 Å². The summed E-state index contributed by atoms with van der Waals surface area (Å²) >= 11 is 1.38. The average Bonchev–Trinajstić information content (AvgIpc) is 2.73. The molecule has 1 unspecified atom stereocenters. The second kappa shape index (κ2) is 6.37. The van der Waals surface area contributed by atoms with Crippen LogP contribution in [0.3, 0.4) is 0 Å². The van der Waals surface area contributed by atoms with E-state index in [1.54, 1.807) is 0 Å². The molecule has 0 bridgehead atoms. The number of carbonyl (C=O) groups excluding carboxylic acids is 2. The number of thiophene rings is 1. The van der Waals surface area contributed by atoms with Crippen molar-refractivity contribution in [1.82, 2.24) is 0 Å². The summed E-state index contributed by atoms with van der Waals surface area (Å²) < 4.78 is 0. The first-order chi connectivity index (χ1) is 9.52. The molecule has 1 aromatic rings. The lowest BCUT2D eigenvalue weighted by atomic mass is 10.0. The van der Waals surface area contributed by atoms with Gasteiger partial charge in [-0.2, -0.15) is 0 Å². The molecule has 1 atom stereocenters. The molecule has 0 aromatic carbocycles. The number of quaternary nitrogens is 1. The number of carboxylic acid groups (broad SMARTS) is 1. The third-order valence-corrected chi connectivity index (χ3v) is 4.72. The highest BCUT2D eigenvalue weighted by molar-refractivity contribution is 7.16. The van der Waals surface area contributed by atoms with Crippen LogP contribution in [0.15, 0.2) is 0 Å². The van der Waals surface area contributed by atoms with Crippen LogP contribution in [0.5, 0.6) is 0 Å². The lowest BCUT2D eigenvalue weighted by molar-refractivity contribution is -0.895. The molecule has 2 rings (SSSR count). The molecule has 6 heteroatoms. The maximum atomic E-state index is 11.8. The Morgan fingerprint density at radius 1 is 1.45 bits per heavy atom. The Morgan fingerprint density at radius 3 is 2.85 bits per heavy atom. The molecule has 0 fully saturated rings. The monoisotopic (exact) mass is 296 g/mol. The van der Waals surface area contributed by atoms with Crippen LogP contribution in [0.1, 0.15) is 47.0 Å². The Hall–Kier alpha value is -1.40. The van der Waals surface area contributed by atoms with Crippen LogP contribution >= 0.6 is 11.3 Å². The molecule has 0 saturated carbocycles. The highest BCUT2D eigenvalue weighted by atomic mass is 32.1. The summed E-state index contributed by atoms with van der Waals surface area (Å²) in [4.78, 5) is 25.6. The fourth-order valence-electron chi connectivity index (χ4n) is 2.45. The van der Waals surface area contributed by atoms with E-state index < -0.39 is 5.97 Å². The molecule has 20 heavy (non-hydrogen) atoms. The zero-order valence-electron chi connectivity index (χ0n) is 11.9. The van der Waals surface area contributed by atoms with E-state index in [4.69, 9.17) is 0 Å². The van der Waals surface area contributed by atoms with E-state index in [1.165, 1.54) is 16.2 Å². The van der Waals surface area contributed by atoms with Crippen molar-refractivity contribution < 1.29 is 19.6 Å². The number of unbranched alkanes of at least 4 members (excludes halogenated alkanes) is 1. The van der Waals surface area contributed by atoms with Crippen molar-refractivity contribution in [1.29, 1.82) is 0 Å². The summed E-state index contributed by atoms with van der Waals surface area (Å²) in [6.45, 7) is 3.74. The number of carbonyl (C=O) groups is 2. The minimum Gasteiger partial charge on any atom is -0.545 e. The van der Waals surface area contributed by atoms with Crippen molar-refractivity contribution in [3.05, 3.63) is 16.0 Å². The van der Waals surface area contributed by atoms with E-state index >= 15 is 0 Å². The normalized spacial score (nSPS) is 17.6. The summed E-state index contributed by atoms with van der Waals surface area (Å²) in [5, 5.41) is 14.6. The van der Waals surface area contributed by atoms with Gasteiger partial charge in [0.25, 0.3) is 0 Å². The predicted octanol–water partition coefficient (Wildman–Crippen LogP) is -0.189. The van der Waals surface area contributed by atoms with Crippen LogP contribution in [0.4, 0.5) is 5.00 Å². The number of fused-ring (bicyclic) bond motifs is 1. The molecule has 2 heterocycles. The first-order valence-corrected chi connectivity index (χ1v) is 7.81. The molecule has 2 N–H and O–H groups in total. The molecule has 1 aliphatic heterocycles. The third kappa shape index (κ3) is 3.19. The minimum atomic E-state index is -1.19. The Kier molecular flexibility index (Phi) is 4.77. The number of rotatable bonds is 5.